The standard InChI is InChI=1S/C39H47N3.C33H39N3.CH4.2ClH/c1-5-41(6-2)33-19-15-29(16-20-33)39(30-17-21-34(22-18-30)42(7-3)8-4)37-23-24-38(36-12-10-9-11-35(36)37)40-27-32-26-28-13-14-31(32)25-28;1-6-34-32-24-23-31(29-13-11-12-14-30(29)32)33(25-15-19-27(20-16-25)35(7-2)8-3)26-17-21-28(22-18-26)36(9-4)10-5;;;/h9-12,15-24,28,31-32H,5-8,13-14,25-27H2,1-4H3;11-24H,6-10H2,1-5H3;1H4;2*1H. The number of hydrogen-bond donors (Lipinski definition) is 2. The molecule has 2 fully saturated rings. The summed E-state index contributed by atoms with van der Waals surface area (Å²) in [5.74, 6) is 2.75. The van der Waals surface area contributed by atoms with Gasteiger partial charge in [0.2, 0.25) is 11.4 Å². The van der Waals surface area contributed by atoms with Gasteiger partial charge in [0.05, 0.1) is 11.1 Å². The van der Waals surface area contributed by atoms with E-state index in [1.54, 1.807) is 0 Å². The predicted molar refractivity (Wildman–Crippen MR) is 344 cm³/mol. The number of benzene rings is 6. The first kappa shape index (κ1) is 63.6. The second kappa shape index (κ2) is 30.5. The van der Waals surface area contributed by atoms with Gasteiger partial charge in [-0.25, -0.2) is 9.98 Å². The monoisotopic (exact) mass is 1120 g/mol. The van der Waals surface area contributed by atoms with Crippen LogP contribution < -0.4 is 54.4 Å². The van der Waals surface area contributed by atoms with Crippen LogP contribution in [0.15, 0.2) is 170 Å². The van der Waals surface area contributed by atoms with Crippen LogP contribution in [0.4, 0.5) is 22.7 Å². The van der Waals surface area contributed by atoms with Crippen molar-refractivity contribution < 1.29 is 34.8 Å². The molecule has 3 unspecified atom stereocenters. The largest absolute Gasteiger partial charge is 1.00 e. The normalized spacial score (nSPS) is 17.2. The van der Waals surface area contributed by atoms with Gasteiger partial charge in [0.25, 0.3) is 0 Å². The summed E-state index contributed by atoms with van der Waals surface area (Å²) in [6.45, 7) is 30.0. The maximum atomic E-state index is 3.91. The molecule has 81 heavy (non-hydrogen) atoms. The summed E-state index contributed by atoms with van der Waals surface area (Å²) in [6, 6.07) is 54.4. The van der Waals surface area contributed by atoms with Crippen LogP contribution >= 0.6 is 0 Å². The topological polar surface area (TPSA) is 40.9 Å². The smallest absolute Gasteiger partial charge is 0.206 e. The molecule has 0 radical (unpaired) electrons. The van der Waals surface area contributed by atoms with Gasteiger partial charge in [-0.05, 0) is 222 Å². The molecule has 0 aliphatic heterocycles. The molecule has 3 atom stereocenters. The molecule has 428 valence electrons. The van der Waals surface area contributed by atoms with Crippen LogP contribution in [0.25, 0.3) is 22.3 Å². The third-order valence-electron chi connectivity index (χ3n) is 17.3. The van der Waals surface area contributed by atoms with Crippen molar-refractivity contribution in [3.8, 4) is 0 Å². The van der Waals surface area contributed by atoms with Gasteiger partial charge in [-0.1, -0.05) is 98.8 Å². The number of allylic oxidation sites excluding steroid dienone is 6. The van der Waals surface area contributed by atoms with Gasteiger partial charge in [-0.15, -0.1) is 0 Å². The molecular formula is C73H92Cl2N6. The Kier molecular flexibility index (Phi) is 23.9. The lowest BCUT2D eigenvalue weighted by atomic mass is 9.83. The Morgan fingerprint density at radius 1 is 0.383 bits per heavy atom. The molecule has 8 heteroatoms. The Balaban J connectivity index is 0.000000255. The number of nitrogens with zero attached hydrogens (tertiary/aromatic N) is 4. The van der Waals surface area contributed by atoms with Crippen LogP contribution in [0.5, 0.6) is 0 Å². The second-order valence-corrected chi connectivity index (χ2v) is 21.4. The zero-order valence-corrected chi connectivity index (χ0v) is 50.9. The van der Waals surface area contributed by atoms with Crippen molar-refractivity contribution in [3.05, 3.63) is 214 Å². The van der Waals surface area contributed by atoms with Crippen molar-refractivity contribution in [3.63, 3.8) is 0 Å². The van der Waals surface area contributed by atoms with E-state index in [4.69, 9.17) is 0 Å². The minimum atomic E-state index is 0. The van der Waals surface area contributed by atoms with Gasteiger partial charge in [-0.2, -0.15) is 0 Å². The van der Waals surface area contributed by atoms with E-state index >= 15 is 0 Å². The summed E-state index contributed by atoms with van der Waals surface area (Å²) in [5, 5.41) is 0. The molecule has 2 N–H and O–H groups in total. The molecule has 0 spiro atoms. The molecule has 4 aliphatic carbocycles. The third-order valence-corrected chi connectivity index (χ3v) is 17.3. The van der Waals surface area contributed by atoms with E-state index in [-0.39, 0.29) is 32.2 Å². The van der Waals surface area contributed by atoms with Gasteiger partial charge in [-0.3, -0.25) is 0 Å². The third kappa shape index (κ3) is 14.2. The van der Waals surface area contributed by atoms with Crippen LogP contribution in [0.2, 0.25) is 0 Å². The highest BCUT2D eigenvalue weighted by Gasteiger charge is 2.40. The Morgan fingerprint density at radius 2 is 0.704 bits per heavy atom. The zero-order valence-electron chi connectivity index (χ0n) is 49.3. The minimum Gasteiger partial charge on any atom is -1.00 e. The lowest BCUT2D eigenvalue weighted by Gasteiger charge is -2.24. The first-order valence-corrected chi connectivity index (χ1v) is 29.9. The van der Waals surface area contributed by atoms with Crippen LogP contribution in [0.1, 0.15) is 140 Å². The fraction of sp³-hybridized carbons (Fsp3) is 0.370. The number of nitrogens with one attached hydrogen (secondary N) is 2. The molecule has 2 bridgehead atoms. The molecule has 0 amide bonds. The maximum Gasteiger partial charge on any atom is 0.206 e. The van der Waals surface area contributed by atoms with Gasteiger partial charge in [0, 0.05) is 93.2 Å². The predicted octanol–water partition coefficient (Wildman–Crippen LogP) is 7.66. The average molecular weight is 1120 g/mol. The van der Waals surface area contributed by atoms with Crippen molar-refractivity contribution in [2.75, 3.05) is 85.0 Å². The lowest BCUT2D eigenvalue weighted by molar-refractivity contribution is -0.466. The zero-order chi connectivity index (χ0) is 54.5. The van der Waals surface area contributed by atoms with E-state index in [2.05, 4.69) is 262 Å². The second-order valence-electron chi connectivity index (χ2n) is 21.4. The molecule has 0 aromatic heterocycles. The van der Waals surface area contributed by atoms with E-state index in [9.17, 15) is 0 Å². The number of anilines is 4. The maximum absolute atomic E-state index is 3.91. The highest BCUT2D eigenvalue weighted by molar-refractivity contribution is 6.18. The molecule has 6 nitrogen and oxygen atoms in total. The Bertz CT molecular complexity index is 3020. The van der Waals surface area contributed by atoms with E-state index in [1.165, 1.54) is 127 Å². The molecule has 6 aromatic carbocycles. The van der Waals surface area contributed by atoms with Crippen molar-refractivity contribution in [2.24, 2.45) is 17.8 Å². The van der Waals surface area contributed by atoms with Gasteiger partial charge < -0.3 is 44.4 Å². The van der Waals surface area contributed by atoms with Gasteiger partial charge in [0.1, 0.15) is 13.1 Å². The molecule has 2 saturated carbocycles. The van der Waals surface area contributed by atoms with Crippen molar-refractivity contribution in [2.45, 2.75) is 95.4 Å². The lowest BCUT2D eigenvalue weighted by Crippen LogP contribution is -3.00. The summed E-state index contributed by atoms with van der Waals surface area (Å²) < 4.78 is 0. The summed E-state index contributed by atoms with van der Waals surface area (Å²) >= 11 is 0. The van der Waals surface area contributed by atoms with Crippen molar-refractivity contribution in [1.82, 2.24) is 0 Å². The number of hydrogen-bond acceptors (Lipinski definition) is 4. The first-order chi connectivity index (χ1) is 38.3. The highest BCUT2D eigenvalue weighted by Crippen LogP contribution is 2.48. The van der Waals surface area contributed by atoms with Crippen molar-refractivity contribution >= 4 is 56.5 Å². The van der Waals surface area contributed by atoms with Crippen molar-refractivity contribution in [1.29, 1.82) is 0 Å². The minimum absolute atomic E-state index is 0. The Hall–Kier alpha value is -6.60. The summed E-state index contributed by atoms with van der Waals surface area (Å²) in [4.78, 5) is 17.1. The molecule has 10 rings (SSSR count). The molecule has 4 aliphatic rings. The SMILES string of the molecule is C.CCN(CC)c1ccc(C(=C2C=CC(=[NH+]CC3CC4CCC3C4)c3ccccc32)c2ccc(N(CC)CC)cc2)cc1.CC[NH+]=C1C=CC(=C(c2ccc(N(CC)CC)cc2)c2ccc(N(CC)CC)cc2)c2ccccc21.[Cl-].[Cl-]. The summed E-state index contributed by atoms with van der Waals surface area (Å²) in [7, 11) is 0. The molecular weight excluding hydrogens is 1030 g/mol. The highest BCUT2D eigenvalue weighted by atomic mass is 35.5. The molecule has 0 heterocycles. The Labute approximate surface area is 501 Å². The van der Waals surface area contributed by atoms with Gasteiger partial charge in [0.15, 0.2) is 0 Å². The molecule has 6 aromatic rings. The fourth-order valence-electron chi connectivity index (χ4n) is 13.1. The van der Waals surface area contributed by atoms with Crippen LogP contribution in [0.3, 0.4) is 0 Å². The van der Waals surface area contributed by atoms with E-state index < -0.39 is 0 Å². The van der Waals surface area contributed by atoms with Gasteiger partial charge >= 0.3 is 0 Å². The number of halogens is 2. The average Bonchev–Trinajstić information content (AvgIpc) is 4.15. The van der Waals surface area contributed by atoms with Crippen LogP contribution in [-0.2, 0) is 0 Å². The summed E-state index contributed by atoms with van der Waals surface area (Å²) in [5.41, 5.74) is 22.8. The van der Waals surface area contributed by atoms with E-state index in [0.29, 0.717) is 0 Å². The Morgan fingerprint density at radius 3 is 0.988 bits per heavy atom. The fourth-order valence-corrected chi connectivity index (χ4v) is 13.1. The summed E-state index contributed by atoms with van der Waals surface area (Å²) in [6.07, 6.45) is 15.0. The van der Waals surface area contributed by atoms with E-state index in [1.807, 2.05) is 0 Å². The number of fused-ring (bicyclic) bond motifs is 4. The number of rotatable bonds is 19. The quantitative estimate of drug-likeness (QED) is 0.0876. The van der Waals surface area contributed by atoms with Crippen LogP contribution in [-0.4, -0.2) is 76.9 Å². The van der Waals surface area contributed by atoms with Crippen LogP contribution in [0, 0.1) is 17.8 Å². The first-order valence-electron chi connectivity index (χ1n) is 29.9. The van der Waals surface area contributed by atoms with E-state index in [0.717, 1.165) is 83.2 Å². The molecule has 0 saturated heterocycles.